The highest BCUT2D eigenvalue weighted by atomic mass is 16.3. The smallest absolute Gasteiger partial charge is 0.239 e. The minimum atomic E-state index is -0.338. The number of amides is 1. The van der Waals surface area contributed by atoms with E-state index in [4.69, 9.17) is 0 Å². The lowest BCUT2D eigenvalue weighted by atomic mass is 10.1. The van der Waals surface area contributed by atoms with Crippen molar-refractivity contribution in [3.05, 3.63) is 0 Å². The summed E-state index contributed by atoms with van der Waals surface area (Å²) in [4.78, 5) is 16.5. The Morgan fingerprint density at radius 1 is 1.26 bits per heavy atom. The minimum absolute atomic E-state index is 0.0797. The monoisotopic (exact) mass is 268 g/mol. The number of carbonyl (C=O) groups excluding carboxylic acids is 1. The molecule has 4 heteroatoms. The van der Waals surface area contributed by atoms with Gasteiger partial charge in [-0.15, -0.1) is 0 Å². The topological polar surface area (TPSA) is 43.8 Å². The van der Waals surface area contributed by atoms with Crippen molar-refractivity contribution < 1.29 is 9.90 Å². The van der Waals surface area contributed by atoms with E-state index in [1.165, 1.54) is 12.8 Å². The van der Waals surface area contributed by atoms with Crippen molar-refractivity contribution in [1.29, 1.82) is 0 Å². The van der Waals surface area contributed by atoms with Crippen LogP contribution in [0.3, 0.4) is 0 Å². The fourth-order valence-electron chi connectivity index (χ4n) is 3.43. The standard InChI is InChI=1S/C15H28N2O2/c1-10-5-6-11(2)17(10)12(3)15(19)16(4)9-14(18)13-7-8-13/h10-14,18H,5-9H2,1-4H3. The molecule has 2 rings (SSSR count). The molecule has 1 N–H and O–H groups in total. The Morgan fingerprint density at radius 3 is 2.26 bits per heavy atom. The van der Waals surface area contributed by atoms with Crippen LogP contribution in [0.2, 0.25) is 0 Å². The second-order valence-corrected chi connectivity index (χ2v) is 6.52. The highest BCUT2D eigenvalue weighted by molar-refractivity contribution is 5.81. The van der Waals surface area contributed by atoms with Gasteiger partial charge in [-0.3, -0.25) is 9.69 Å². The number of likely N-dealkylation sites (tertiary alicyclic amines) is 1. The summed E-state index contributed by atoms with van der Waals surface area (Å²) >= 11 is 0. The largest absolute Gasteiger partial charge is 0.391 e. The summed E-state index contributed by atoms with van der Waals surface area (Å²) in [6, 6.07) is 0.885. The van der Waals surface area contributed by atoms with E-state index < -0.39 is 0 Å². The molecule has 2 aliphatic rings. The van der Waals surface area contributed by atoms with Crippen LogP contribution in [0, 0.1) is 5.92 Å². The molecule has 0 aromatic heterocycles. The molecule has 1 amide bonds. The molecule has 1 saturated carbocycles. The average molecular weight is 268 g/mol. The summed E-state index contributed by atoms with van der Waals surface area (Å²) in [5.41, 5.74) is 0. The van der Waals surface area contributed by atoms with E-state index in [-0.39, 0.29) is 18.1 Å². The zero-order valence-electron chi connectivity index (χ0n) is 12.7. The van der Waals surface area contributed by atoms with Gasteiger partial charge in [0.25, 0.3) is 0 Å². The molecule has 0 spiro atoms. The predicted molar refractivity (Wildman–Crippen MR) is 75.8 cm³/mol. The van der Waals surface area contributed by atoms with E-state index in [1.807, 2.05) is 14.0 Å². The minimum Gasteiger partial charge on any atom is -0.391 e. The second-order valence-electron chi connectivity index (χ2n) is 6.52. The molecular weight excluding hydrogens is 240 g/mol. The van der Waals surface area contributed by atoms with Crippen molar-refractivity contribution in [2.75, 3.05) is 13.6 Å². The molecule has 2 fully saturated rings. The zero-order valence-corrected chi connectivity index (χ0v) is 12.7. The van der Waals surface area contributed by atoms with Crippen LogP contribution in [0.4, 0.5) is 0 Å². The molecule has 0 radical (unpaired) electrons. The number of aliphatic hydroxyl groups is 1. The van der Waals surface area contributed by atoms with Gasteiger partial charge >= 0.3 is 0 Å². The predicted octanol–water partition coefficient (Wildman–Crippen LogP) is 1.48. The maximum Gasteiger partial charge on any atom is 0.239 e. The molecule has 0 bridgehead atoms. The first-order valence-electron chi connectivity index (χ1n) is 7.62. The van der Waals surface area contributed by atoms with Gasteiger partial charge in [0.15, 0.2) is 0 Å². The van der Waals surface area contributed by atoms with Crippen molar-refractivity contribution in [2.24, 2.45) is 5.92 Å². The maximum atomic E-state index is 12.5. The number of aliphatic hydroxyl groups excluding tert-OH is 1. The van der Waals surface area contributed by atoms with Crippen molar-refractivity contribution in [3.63, 3.8) is 0 Å². The molecule has 1 saturated heterocycles. The Kier molecular flexibility index (Phi) is 4.51. The van der Waals surface area contributed by atoms with E-state index in [0.29, 0.717) is 24.5 Å². The summed E-state index contributed by atoms with van der Waals surface area (Å²) in [6.45, 7) is 6.88. The molecule has 4 nitrogen and oxygen atoms in total. The van der Waals surface area contributed by atoms with Crippen molar-refractivity contribution in [3.8, 4) is 0 Å². The molecule has 110 valence electrons. The molecule has 0 aromatic carbocycles. The molecular formula is C15H28N2O2. The van der Waals surface area contributed by atoms with Gasteiger partial charge in [-0.1, -0.05) is 0 Å². The third kappa shape index (κ3) is 3.29. The van der Waals surface area contributed by atoms with E-state index >= 15 is 0 Å². The second kappa shape index (κ2) is 5.80. The van der Waals surface area contributed by atoms with E-state index in [0.717, 1.165) is 12.8 Å². The number of likely N-dealkylation sites (N-methyl/N-ethyl adjacent to an activating group) is 1. The summed E-state index contributed by atoms with van der Waals surface area (Å²) < 4.78 is 0. The lowest BCUT2D eigenvalue weighted by molar-refractivity contribution is -0.137. The third-order valence-electron chi connectivity index (χ3n) is 4.83. The van der Waals surface area contributed by atoms with Gasteiger partial charge in [-0.25, -0.2) is 0 Å². The van der Waals surface area contributed by atoms with Crippen LogP contribution < -0.4 is 0 Å². The van der Waals surface area contributed by atoms with Crippen LogP contribution >= 0.6 is 0 Å². The summed E-state index contributed by atoms with van der Waals surface area (Å²) in [5, 5.41) is 9.95. The van der Waals surface area contributed by atoms with Crippen LogP contribution in [0.15, 0.2) is 0 Å². The van der Waals surface area contributed by atoms with Crippen LogP contribution in [0.5, 0.6) is 0 Å². The Hall–Kier alpha value is -0.610. The van der Waals surface area contributed by atoms with E-state index in [9.17, 15) is 9.90 Å². The van der Waals surface area contributed by atoms with Gasteiger partial charge in [0.2, 0.25) is 5.91 Å². The summed E-state index contributed by atoms with van der Waals surface area (Å²) in [7, 11) is 1.82. The Morgan fingerprint density at radius 2 is 1.79 bits per heavy atom. The first kappa shape index (κ1) is 14.8. The van der Waals surface area contributed by atoms with Gasteiger partial charge in [-0.2, -0.15) is 0 Å². The highest BCUT2D eigenvalue weighted by Gasteiger charge is 2.37. The van der Waals surface area contributed by atoms with Gasteiger partial charge in [0.05, 0.1) is 12.1 Å². The molecule has 1 aliphatic carbocycles. The highest BCUT2D eigenvalue weighted by Crippen LogP contribution is 2.33. The van der Waals surface area contributed by atoms with Gasteiger partial charge in [-0.05, 0) is 52.4 Å². The van der Waals surface area contributed by atoms with Gasteiger partial charge in [0.1, 0.15) is 0 Å². The number of carbonyl (C=O) groups is 1. The van der Waals surface area contributed by atoms with Gasteiger partial charge < -0.3 is 10.0 Å². The van der Waals surface area contributed by atoms with Crippen LogP contribution in [-0.2, 0) is 4.79 Å². The van der Waals surface area contributed by atoms with E-state index in [2.05, 4.69) is 18.7 Å². The fourth-order valence-corrected chi connectivity index (χ4v) is 3.43. The molecule has 19 heavy (non-hydrogen) atoms. The van der Waals surface area contributed by atoms with Crippen LogP contribution in [0.1, 0.15) is 46.5 Å². The van der Waals surface area contributed by atoms with Crippen LogP contribution in [0.25, 0.3) is 0 Å². The normalized spacial score (nSPS) is 31.2. The fraction of sp³-hybridized carbons (Fsp3) is 0.933. The Labute approximate surface area is 116 Å². The van der Waals surface area contributed by atoms with Crippen molar-refractivity contribution >= 4 is 5.91 Å². The molecule has 1 aliphatic heterocycles. The molecule has 4 unspecified atom stereocenters. The zero-order chi connectivity index (χ0) is 14.2. The maximum absolute atomic E-state index is 12.5. The van der Waals surface area contributed by atoms with Gasteiger partial charge in [0, 0.05) is 25.7 Å². The Bertz CT molecular complexity index is 320. The Balaban J connectivity index is 1.90. The molecule has 0 aromatic rings. The number of hydrogen-bond acceptors (Lipinski definition) is 3. The number of nitrogens with zero attached hydrogens (tertiary/aromatic N) is 2. The lowest BCUT2D eigenvalue weighted by Crippen LogP contribution is -2.50. The first-order chi connectivity index (χ1) is 8.91. The summed E-state index contributed by atoms with van der Waals surface area (Å²) in [5.74, 6) is 0.565. The first-order valence-corrected chi connectivity index (χ1v) is 7.62. The average Bonchev–Trinajstić information content (AvgIpc) is 3.15. The van der Waals surface area contributed by atoms with Crippen molar-refractivity contribution in [2.45, 2.75) is 70.7 Å². The quantitative estimate of drug-likeness (QED) is 0.821. The third-order valence-corrected chi connectivity index (χ3v) is 4.83. The summed E-state index contributed by atoms with van der Waals surface area (Å²) in [6.07, 6.45) is 4.23. The van der Waals surface area contributed by atoms with Crippen LogP contribution in [-0.4, -0.2) is 58.6 Å². The SMILES string of the molecule is CC1CCC(C)N1C(C)C(=O)N(C)CC(O)C1CC1. The number of rotatable bonds is 5. The number of hydrogen-bond donors (Lipinski definition) is 1. The lowest BCUT2D eigenvalue weighted by Gasteiger charge is -2.34. The van der Waals surface area contributed by atoms with E-state index in [1.54, 1.807) is 4.90 Å². The van der Waals surface area contributed by atoms with Crippen molar-refractivity contribution in [1.82, 2.24) is 9.80 Å². The molecule has 1 heterocycles. The molecule has 4 atom stereocenters.